The summed E-state index contributed by atoms with van der Waals surface area (Å²) in [5.74, 6) is 0.820. The molecule has 2 fully saturated rings. The molecule has 1 unspecified atom stereocenters. The molecule has 3 rings (SSSR count). The molecule has 0 radical (unpaired) electrons. The van der Waals surface area contributed by atoms with Crippen molar-refractivity contribution in [3.63, 3.8) is 0 Å². The Labute approximate surface area is 124 Å². The average molecular weight is 291 g/mol. The van der Waals surface area contributed by atoms with Crippen molar-refractivity contribution < 1.29 is 9.13 Å². The van der Waals surface area contributed by atoms with E-state index in [1.54, 1.807) is 0 Å². The maximum atomic E-state index is 12.9. The number of ether oxygens (including phenoxy) is 1. The summed E-state index contributed by atoms with van der Waals surface area (Å²) in [6.07, 6.45) is 4.46. The molecule has 1 heterocycles. The van der Waals surface area contributed by atoms with Gasteiger partial charge >= 0.3 is 0 Å². The topological polar surface area (TPSA) is 59.6 Å². The second-order valence-corrected chi connectivity index (χ2v) is 5.92. The van der Waals surface area contributed by atoms with Crippen LogP contribution in [-0.4, -0.2) is 31.3 Å². The Hall–Kier alpha value is -1.62. The first-order chi connectivity index (χ1) is 10.2. The molecule has 1 saturated heterocycles. The summed E-state index contributed by atoms with van der Waals surface area (Å²) in [5.41, 5.74) is 7.10. The van der Waals surface area contributed by atoms with E-state index in [1.165, 1.54) is 17.7 Å². The number of aliphatic imine (C=N–C) groups is 1. The van der Waals surface area contributed by atoms with Crippen LogP contribution in [0.15, 0.2) is 29.3 Å². The third-order valence-corrected chi connectivity index (χ3v) is 4.32. The monoisotopic (exact) mass is 291 g/mol. The van der Waals surface area contributed by atoms with E-state index in [2.05, 4.69) is 10.3 Å². The van der Waals surface area contributed by atoms with Gasteiger partial charge in [-0.25, -0.2) is 4.39 Å². The Balaban J connectivity index is 1.41. The van der Waals surface area contributed by atoms with Crippen LogP contribution in [0.2, 0.25) is 0 Å². The Morgan fingerprint density at radius 3 is 2.76 bits per heavy atom. The van der Waals surface area contributed by atoms with Crippen LogP contribution >= 0.6 is 0 Å². The van der Waals surface area contributed by atoms with Crippen molar-refractivity contribution in [3.05, 3.63) is 35.6 Å². The largest absolute Gasteiger partial charge is 0.376 e. The van der Waals surface area contributed by atoms with E-state index in [9.17, 15) is 4.39 Å². The van der Waals surface area contributed by atoms with E-state index in [1.807, 2.05) is 12.1 Å². The van der Waals surface area contributed by atoms with E-state index >= 15 is 0 Å². The summed E-state index contributed by atoms with van der Waals surface area (Å²) in [6, 6.07) is 7.14. The number of guanidine groups is 1. The number of halogens is 1. The highest BCUT2D eigenvalue weighted by Gasteiger charge is 2.30. The van der Waals surface area contributed by atoms with Gasteiger partial charge in [0.05, 0.1) is 12.6 Å². The Bertz CT molecular complexity index is 491. The first-order valence-electron chi connectivity index (χ1n) is 7.64. The maximum absolute atomic E-state index is 12.9. The van der Waals surface area contributed by atoms with Gasteiger partial charge in [-0.1, -0.05) is 12.1 Å². The van der Waals surface area contributed by atoms with Gasteiger partial charge in [-0.3, -0.25) is 4.99 Å². The minimum atomic E-state index is -0.182. The van der Waals surface area contributed by atoms with Gasteiger partial charge in [0.2, 0.25) is 0 Å². The van der Waals surface area contributed by atoms with Gasteiger partial charge in [0.1, 0.15) is 5.82 Å². The first-order valence-corrected chi connectivity index (χ1v) is 7.64. The molecule has 1 saturated carbocycles. The molecule has 4 nitrogen and oxygen atoms in total. The van der Waals surface area contributed by atoms with Gasteiger partial charge < -0.3 is 15.8 Å². The Morgan fingerprint density at radius 1 is 1.33 bits per heavy atom. The molecule has 1 aliphatic carbocycles. The molecule has 0 spiro atoms. The van der Waals surface area contributed by atoms with Crippen LogP contribution in [-0.2, 0) is 4.74 Å². The zero-order valence-electron chi connectivity index (χ0n) is 12.1. The molecular weight excluding hydrogens is 269 g/mol. The summed E-state index contributed by atoms with van der Waals surface area (Å²) >= 11 is 0. The lowest BCUT2D eigenvalue weighted by molar-refractivity contribution is 0.117. The highest BCUT2D eigenvalue weighted by molar-refractivity contribution is 5.78. The maximum Gasteiger partial charge on any atom is 0.188 e. The predicted molar refractivity (Wildman–Crippen MR) is 80.8 cm³/mol. The number of nitrogens with one attached hydrogen (secondary N) is 1. The standard InChI is InChI=1S/C16H22FN3O/c17-13-5-3-11(4-6-13)12-8-14(9-12)20-16(18)19-10-15-2-1-7-21-15/h3-6,12,14-15H,1-2,7-10H2,(H3,18,19,20). The zero-order valence-corrected chi connectivity index (χ0v) is 12.1. The SMILES string of the molecule is NC(=NCC1CCCO1)NC1CC(c2ccc(F)cc2)C1. The third kappa shape index (κ3) is 3.73. The smallest absolute Gasteiger partial charge is 0.188 e. The second kappa shape index (κ2) is 6.43. The molecule has 0 aromatic heterocycles. The van der Waals surface area contributed by atoms with Crippen molar-refractivity contribution in [2.24, 2.45) is 10.7 Å². The Morgan fingerprint density at radius 2 is 2.10 bits per heavy atom. The lowest BCUT2D eigenvalue weighted by Crippen LogP contribution is -2.46. The lowest BCUT2D eigenvalue weighted by atomic mass is 9.76. The molecule has 1 aromatic rings. The number of nitrogens with zero attached hydrogens (tertiary/aromatic N) is 1. The highest BCUT2D eigenvalue weighted by Crippen LogP contribution is 2.36. The summed E-state index contributed by atoms with van der Waals surface area (Å²) in [6.45, 7) is 1.49. The van der Waals surface area contributed by atoms with Crippen LogP contribution in [0.3, 0.4) is 0 Å². The molecular formula is C16H22FN3O. The van der Waals surface area contributed by atoms with Crippen LogP contribution in [0.1, 0.15) is 37.2 Å². The van der Waals surface area contributed by atoms with E-state index in [4.69, 9.17) is 10.5 Å². The summed E-state index contributed by atoms with van der Waals surface area (Å²) < 4.78 is 18.4. The van der Waals surface area contributed by atoms with Crippen molar-refractivity contribution >= 4 is 5.96 Å². The third-order valence-electron chi connectivity index (χ3n) is 4.32. The number of hydrogen-bond acceptors (Lipinski definition) is 2. The molecule has 1 atom stereocenters. The van der Waals surface area contributed by atoms with E-state index < -0.39 is 0 Å². The minimum Gasteiger partial charge on any atom is -0.376 e. The zero-order chi connectivity index (χ0) is 14.7. The summed E-state index contributed by atoms with van der Waals surface area (Å²) in [5, 5.41) is 3.25. The fraction of sp³-hybridized carbons (Fsp3) is 0.562. The summed E-state index contributed by atoms with van der Waals surface area (Å²) in [4.78, 5) is 4.35. The van der Waals surface area contributed by atoms with Crippen molar-refractivity contribution in [3.8, 4) is 0 Å². The van der Waals surface area contributed by atoms with Gasteiger partial charge in [-0.15, -0.1) is 0 Å². The first kappa shape index (κ1) is 14.3. The molecule has 5 heteroatoms. The van der Waals surface area contributed by atoms with E-state index in [0.717, 1.165) is 32.3 Å². The Kier molecular flexibility index (Phi) is 4.39. The molecule has 21 heavy (non-hydrogen) atoms. The molecule has 2 aliphatic rings. The second-order valence-electron chi connectivity index (χ2n) is 5.92. The molecule has 1 aromatic carbocycles. The van der Waals surface area contributed by atoms with E-state index in [0.29, 0.717) is 24.5 Å². The quantitative estimate of drug-likeness (QED) is 0.660. The number of hydrogen-bond donors (Lipinski definition) is 2. The fourth-order valence-corrected chi connectivity index (χ4v) is 2.99. The number of rotatable bonds is 4. The van der Waals surface area contributed by atoms with Gasteiger partial charge in [0, 0.05) is 12.6 Å². The molecule has 0 bridgehead atoms. The predicted octanol–water partition coefficient (Wildman–Crippen LogP) is 2.15. The minimum absolute atomic E-state index is 0.182. The van der Waals surface area contributed by atoms with Crippen molar-refractivity contribution in [1.82, 2.24) is 5.32 Å². The average Bonchev–Trinajstić information content (AvgIpc) is 2.95. The van der Waals surface area contributed by atoms with E-state index in [-0.39, 0.29) is 11.9 Å². The summed E-state index contributed by atoms with van der Waals surface area (Å²) in [7, 11) is 0. The molecule has 114 valence electrons. The molecule has 0 amide bonds. The van der Waals surface area contributed by atoms with Crippen LogP contribution in [0, 0.1) is 5.82 Å². The van der Waals surface area contributed by atoms with Crippen molar-refractivity contribution in [2.75, 3.05) is 13.2 Å². The van der Waals surface area contributed by atoms with Crippen LogP contribution in [0.25, 0.3) is 0 Å². The van der Waals surface area contributed by atoms with Crippen molar-refractivity contribution in [2.45, 2.75) is 43.7 Å². The molecule has 1 aliphatic heterocycles. The normalized spacial score (nSPS) is 29.2. The van der Waals surface area contributed by atoms with Gasteiger partial charge in [-0.2, -0.15) is 0 Å². The van der Waals surface area contributed by atoms with Crippen LogP contribution in [0.5, 0.6) is 0 Å². The fourth-order valence-electron chi connectivity index (χ4n) is 2.99. The van der Waals surface area contributed by atoms with Crippen LogP contribution in [0.4, 0.5) is 4.39 Å². The van der Waals surface area contributed by atoms with Crippen molar-refractivity contribution in [1.29, 1.82) is 0 Å². The van der Waals surface area contributed by atoms with Gasteiger partial charge in [0.15, 0.2) is 5.96 Å². The van der Waals surface area contributed by atoms with Gasteiger partial charge in [-0.05, 0) is 49.3 Å². The number of benzene rings is 1. The van der Waals surface area contributed by atoms with Gasteiger partial charge in [0.25, 0.3) is 0 Å². The highest BCUT2D eigenvalue weighted by atomic mass is 19.1. The molecule has 3 N–H and O–H groups in total. The van der Waals surface area contributed by atoms with Crippen LogP contribution < -0.4 is 11.1 Å². The lowest BCUT2D eigenvalue weighted by Gasteiger charge is -2.36. The number of nitrogens with two attached hydrogens (primary N) is 1.